The first-order chi connectivity index (χ1) is 8.91. The number of nitrogens with zero attached hydrogens (tertiary/aromatic N) is 2. The molecule has 2 rings (SSSR count). The summed E-state index contributed by atoms with van der Waals surface area (Å²) in [6, 6.07) is 4.29. The first-order valence-corrected chi connectivity index (χ1v) is 5.47. The van der Waals surface area contributed by atoms with Gasteiger partial charge in [-0.1, -0.05) is 6.07 Å². The second kappa shape index (κ2) is 5.00. The van der Waals surface area contributed by atoms with Gasteiger partial charge in [0, 0.05) is 12.7 Å². The molecule has 0 radical (unpaired) electrons. The van der Waals surface area contributed by atoms with Crippen molar-refractivity contribution in [3.8, 4) is 5.69 Å². The van der Waals surface area contributed by atoms with Crippen molar-refractivity contribution in [3.63, 3.8) is 0 Å². The molecule has 1 N–H and O–H groups in total. The van der Waals surface area contributed by atoms with E-state index in [9.17, 15) is 17.6 Å². The Balaban J connectivity index is 2.34. The lowest BCUT2D eigenvalue weighted by Crippen LogP contribution is -2.07. The number of aromatic nitrogens is 2. The molecule has 19 heavy (non-hydrogen) atoms. The fourth-order valence-electron chi connectivity index (χ4n) is 1.65. The molecule has 2 aromatic rings. The Morgan fingerprint density at radius 2 is 2.05 bits per heavy atom. The van der Waals surface area contributed by atoms with Gasteiger partial charge in [-0.25, -0.2) is 9.07 Å². The molecule has 1 aromatic heterocycles. The van der Waals surface area contributed by atoms with Crippen molar-refractivity contribution in [2.75, 3.05) is 7.05 Å². The van der Waals surface area contributed by atoms with Gasteiger partial charge in [0.2, 0.25) is 0 Å². The van der Waals surface area contributed by atoms with E-state index >= 15 is 0 Å². The zero-order valence-corrected chi connectivity index (χ0v) is 10.0. The zero-order chi connectivity index (χ0) is 14.0. The third-order valence-corrected chi connectivity index (χ3v) is 2.55. The van der Waals surface area contributed by atoms with Gasteiger partial charge in [-0.15, -0.1) is 0 Å². The Hall–Kier alpha value is -1.89. The van der Waals surface area contributed by atoms with E-state index in [2.05, 4.69) is 10.4 Å². The quantitative estimate of drug-likeness (QED) is 0.871. The molecular formula is C12H11F4N3. The third kappa shape index (κ3) is 2.93. The Morgan fingerprint density at radius 3 is 2.58 bits per heavy atom. The van der Waals surface area contributed by atoms with Crippen molar-refractivity contribution in [1.29, 1.82) is 0 Å². The average Bonchev–Trinajstić information content (AvgIpc) is 2.78. The molecule has 0 fully saturated rings. The second-order valence-corrected chi connectivity index (χ2v) is 3.99. The lowest BCUT2D eigenvalue weighted by molar-refractivity contribution is -0.137. The lowest BCUT2D eigenvalue weighted by atomic mass is 10.2. The molecule has 0 amide bonds. The predicted molar refractivity (Wildman–Crippen MR) is 61.3 cm³/mol. The summed E-state index contributed by atoms with van der Waals surface area (Å²) in [5, 5.41) is 6.39. The Labute approximate surface area is 106 Å². The highest BCUT2D eigenvalue weighted by atomic mass is 19.4. The van der Waals surface area contributed by atoms with Crippen molar-refractivity contribution in [2.45, 2.75) is 12.7 Å². The minimum Gasteiger partial charge on any atom is -0.316 e. The fraction of sp³-hybridized carbons (Fsp3) is 0.250. The van der Waals surface area contributed by atoms with Crippen LogP contribution in [0.3, 0.4) is 0 Å². The number of alkyl halides is 3. The number of benzene rings is 1. The van der Waals surface area contributed by atoms with Crippen molar-refractivity contribution >= 4 is 0 Å². The smallest absolute Gasteiger partial charge is 0.316 e. The molecule has 0 atom stereocenters. The first kappa shape index (κ1) is 13.5. The summed E-state index contributed by atoms with van der Waals surface area (Å²) in [6.07, 6.45) is -3.06. The van der Waals surface area contributed by atoms with E-state index in [1.165, 1.54) is 12.1 Å². The van der Waals surface area contributed by atoms with Crippen LogP contribution in [0.4, 0.5) is 17.6 Å². The molecule has 1 aromatic carbocycles. The predicted octanol–water partition coefficient (Wildman–Crippen LogP) is 2.75. The SMILES string of the molecule is CNCc1ccc(-n2cc(C(F)(F)F)cn2)c(F)c1. The summed E-state index contributed by atoms with van der Waals surface area (Å²) in [6.45, 7) is 0.476. The molecule has 0 aliphatic heterocycles. The molecule has 0 saturated heterocycles. The summed E-state index contributed by atoms with van der Waals surface area (Å²) in [5.74, 6) is -0.621. The molecule has 0 aliphatic carbocycles. The molecule has 0 unspecified atom stereocenters. The van der Waals surface area contributed by atoms with E-state index in [1.54, 1.807) is 13.1 Å². The van der Waals surface area contributed by atoms with E-state index < -0.39 is 17.6 Å². The van der Waals surface area contributed by atoms with Crippen LogP contribution in [-0.4, -0.2) is 16.8 Å². The summed E-state index contributed by atoms with van der Waals surface area (Å²) in [7, 11) is 1.72. The highest BCUT2D eigenvalue weighted by Crippen LogP contribution is 2.29. The van der Waals surface area contributed by atoms with Crippen molar-refractivity contribution in [2.24, 2.45) is 0 Å². The average molecular weight is 273 g/mol. The van der Waals surface area contributed by atoms with Crippen LogP contribution in [0, 0.1) is 5.82 Å². The highest BCUT2D eigenvalue weighted by molar-refractivity contribution is 5.36. The normalized spacial score (nSPS) is 11.8. The van der Waals surface area contributed by atoms with E-state index in [1.807, 2.05) is 0 Å². The summed E-state index contributed by atoms with van der Waals surface area (Å²) in [5.41, 5.74) is -0.228. The van der Waals surface area contributed by atoms with Gasteiger partial charge in [0.1, 0.15) is 11.5 Å². The van der Waals surface area contributed by atoms with E-state index in [0.29, 0.717) is 18.3 Å². The number of halogens is 4. The summed E-state index contributed by atoms with van der Waals surface area (Å²) >= 11 is 0. The number of hydrogen-bond acceptors (Lipinski definition) is 2. The summed E-state index contributed by atoms with van der Waals surface area (Å²) in [4.78, 5) is 0. The molecular weight excluding hydrogens is 262 g/mol. The second-order valence-electron chi connectivity index (χ2n) is 3.99. The van der Waals surface area contributed by atoms with Crippen LogP contribution in [0.2, 0.25) is 0 Å². The van der Waals surface area contributed by atoms with Crippen LogP contribution < -0.4 is 5.32 Å². The first-order valence-electron chi connectivity index (χ1n) is 5.47. The minimum absolute atomic E-state index is 0.0182. The zero-order valence-electron chi connectivity index (χ0n) is 10.0. The Bertz CT molecular complexity index is 575. The van der Waals surface area contributed by atoms with Crippen LogP contribution in [0.5, 0.6) is 0 Å². The molecule has 3 nitrogen and oxygen atoms in total. The molecule has 1 heterocycles. The summed E-state index contributed by atoms with van der Waals surface area (Å²) < 4.78 is 52.0. The Kier molecular flexibility index (Phi) is 3.57. The van der Waals surface area contributed by atoms with Crippen LogP contribution >= 0.6 is 0 Å². The van der Waals surface area contributed by atoms with Crippen molar-refractivity contribution in [1.82, 2.24) is 15.1 Å². The largest absolute Gasteiger partial charge is 0.419 e. The van der Waals surface area contributed by atoms with Gasteiger partial charge in [-0.3, -0.25) is 0 Å². The van der Waals surface area contributed by atoms with Gasteiger partial charge >= 0.3 is 6.18 Å². The van der Waals surface area contributed by atoms with Gasteiger partial charge in [0.25, 0.3) is 0 Å². The van der Waals surface area contributed by atoms with Crippen LogP contribution in [0.1, 0.15) is 11.1 Å². The van der Waals surface area contributed by atoms with Crippen LogP contribution in [-0.2, 0) is 12.7 Å². The van der Waals surface area contributed by atoms with Gasteiger partial charge in [0.05, 0.1) is 11.8 Å². The van der Waals surface area contributed by atoms with Gasteiger partial charge < -0.3 is 5.32 Å². The molecule has 0 saturated carbocycles. The van der Waals surface area contributed by atoms with Crippen molar-refractivity contribution in [3.05, 3.63) is 47.5 Å². The molecule has 0 spiro atoms. The number of hydrogen-bond donors (Lipinski definition) is 1. The number of rotatable bonds is 3. The molecule has 0 aliphatic rings. The lowest BCUT2D eigenvalue weighted by Gasteiger charge is -2.06. The maximum absolute atomic E-state index is 13.8. The van der Waals surface area contributed by atoms with Crippen LogP contribution in [0.25, 0.3) is 5.69 Å². The van der Waals surface area contributed by atoms with Gasteiger partial charge in [-0.2, -0.15) is 18.3 Å². The molecule has 0 bridgehead atoms. The third-order valence-electron chi connectivity index (χ3n) is 2.55. The topological polar surface area (TPSA) is 29.9 Å². The number of nitrogens with one attached hydrogen (secondary N) is 1. The van der Waals surface area contributed by atoms with E-state index in [4.69, 9.17) is 0 Å². The Morgan fingerprint density at radius 1 is 1.32 bits per heavy atom. The molecule has 102 valence electrons. The standard InChI is InChI=1S/C12H11F4N3/c1-17-5-8-2-3-11(10(13)4-8)19-7-9(6-18-19)12(14,15)16/h2-4,6-7,17H,5H2,1H3. The van der Waals surface area contributed by atoms with Gasteiger partial charge in [-0.05, 0) is 24.7 Å². The fourth-order valence-corrected chi connectivity index (χ4v) is 1.65. The minimum atomic E-state index is -4.49. The van der Waals surface area contributed by atoms with Gasteiger partial charge in [0.15, 0.2) is 0 Å². The highest BCUT2D eigenvalue weighted by Gasteiger charge is 2.32. The van der Waals surface area contributed by atoms with E-state index in [-0.39, 0.29) is 5.69 Å². The van der Waals surface area contributed by atoms with Crippen LogP contribution in [0.15, 0.2) is 30.6 Å². The van der Waals surface area contributed by atoms with Crippen molar-refractivity contribution < 1.29 is 17.6 Å². The monoisotopic (exact) mass is 273 g/mol. The molecule has 7 heteroatoms. The van der Waals surface area contributed by atoms with E-state index in [0.717, 1.165) is 10.9 Å². The maximum Gasteiger partial charge on any atom is 0.419 e. The maximum atomic E-state index is 13.8.